The Balaban J connectivity index is 1.52. The average Bonchev–Trinajstić information content (AvgIpc) is 2.70. The second-order valence-electron chi connectivity index (χ2n) is 6.69. The molecule has 4 rings (SSSR count). The lowest BCUT2D eigenvalue weighted by molar-refractivity contribution is -0.0230. The van der Waals surface area contributed by atoms with Crippen molar-refractivity contribution in [3.8, 4) is 0 Å². The molecule has 0 bridgehead atoms. The first-order valence-corrected chi connectivity index (χ1v) is 8.65. The van der Waals surface area contributed by atoms with Crippen LogP contribution in [0.1, 0.15) is 26.3 Å². The normalized spacial score (nSPS) is 15.3. The van der Waals surface area contributed by atoms with Crippen LogP contribution < -0.4 is 5.32 Å². The number of nitrogens with one attached hydrogen (secondary N) is 1. The van der Waals surface area contributed by atoms with E-state index in [-0.39, 0.29) is 24.9 Å². The summed E-state index contributed by atoms with van der Waals surface area (Å²) in [7, 11) is 1.55. The lowest BCUT2D eigenvalue weighted by Gasteiger charge is -2.44. The van der Waals surface area contributed by atoms with Gasteiger partial charge in [0, 0.05) is 36.0 Å². The number of rotatable bonds is 3. The Hall–Kier alpha value is -3.28. The highest BCUT2D eigenvalue weighted by molar-refractivity contribution is 6.07. The molecule has 1 aliphatic heterocycles. The van der Waals surface area contributed by atoms with Gasteiger partial charge in [-0.15, -0.1) is 0 Å². The van der Waals surface area contributed by atoms with Gasteiger partial charge in [-0.25, -0.2) is 4.39 Å². The Labute approximate surface area is 155 Å². The molecule has 6 heteroatoms. The highest BCUT2D eigenvalue weighted by Crippen LogP contribution is 2.37. The van der Waals surface area contributed by atoms with E-state index in [9.17, 15) is 9.59 Å². The van der Waals surface area contributed by atoms with E-state index < -0.39 is 5.67 Å². The van der Waals surface area contributed by atoms with Crippen molar-refractivity contribution < 1.29 is 14.0 Å². The number of pyridine rings is 1. The summed E-state index contributed by atoms with van der Waals surface area (Å²) in [6, 6.07) is 13.6. The van der Waals surface area contributed by atoms with Gasteiger partial charge in [-0.2, -0.15) is 0 Å². The van der Waals surface area contributed by atoms with Gasteiger partial charge in [0.25, 0.3) is 11.8 Å². The first kappa shape index (κ1) is 17.1. The molecule has 1 saturated heterocycles. The molecule has 0 atom stereocenters. The van der Waals surface area contributed by atoms with E-state index >= 15 is 4.39 Å². The number of benzene rings is 2. The summed E-state index contributed by atoms with van der Waals surface area (Å²) in [6.07, 6.45) is 3.35. The largest absolute Gasteiger partial charge is 0.355 e. The fourth-order valence-corrected chi connectivity index (χ4v) is 3.43. The standard InChI is InChI=1S/C21H18FN3O2/c1-23-19(26)14-5-7-16(8-6-14)21(22)12-25(13-21)20(27)18-4-2-3-15-11-24-10-9-17(15)18/h2-11H,12-13H2,1H3,(H,23,26). The molecule has 0 spiro atoms. The van der Waals surface area contributed by atoms with Gasteiger partial charge in [-0.05, 0) is 35.2 Å². The summed E-state index contributed by atoms with van der Waals surface area (Å²) < 4.78 is 15.2. The van der Waals surface area contributed by atoms with Crippen molar-refractivity contribution in [3.63, 3.8) is 0 Å². The molecule has 1 aliphatic rings. The molecule has 0 unspecified atom stereocenters. The Morgan fingerprint density at radius 3 is 2.56 bits per heavy atom. The third kappa shape index (κ3) is 2.93. The molecule has 5 nitrogen and oxygen atoms in total. The van der Waals surface area contributed by atoms with E-state index in [4.69, 9.17) is 0 Å². The number of nitrogens with zero attached hydrogens (tertiary/aromatic N) is 2. The van der Waals surface area contributed by atoms with Crippen LogP contribution in [-0.2, 0) is 5.67 Å². The van der Waals surface area contributed by atoms with Crippen LogP contribution in [0.3, 0.4) is 0 Å². The molecule has 0 saturated carbocycles. The van der Waals surface area contributed by atoms with E-state index in [1.165, 1.54) is 4.90 Å². The maximum Gasteiger partial charge on any atom is 0.254 e. The Bertz CT molecular complexity index is 1020. The number of amides is 2. The summed E-state index contributed by atoms with van der Waals surface area (Å²) in [5, 5.41) is 4.22. The highest BCUT2D eigenvalue weighted by Gasteiger charge is 2.47. The number of fused-ring (bicyclic) bond motifs is 1. The molecule has 3 aromatic rings. The maximum absolute atomic E-state index is 15.2. The first-order chi connectivity index (χ1) is 13.0. The number of carbonyl (C=O) groups excluding carboxylic acids is 2. The maximum atomic E-state index is 15.2. The SMILES string of the molecule is CNC(=O)c1ccc(C2(F)CN(C(=O)c3cccc4cnccc34)C2)cc1. The number of halogens is 1. The number of carbonyl (C=O) groups is 2. The molecule has 27 heavy (non-hydrogen) atoms. The van der Waals surface area contributed by atoms with Gasteiger partial charge in [0.2, 0.25) is 0 Å². The first-order valence-electron chi connectivity index (χ1n) is 8.65. The molecule has 2 aromatic carbocycles. The fraction of sp³-hybridized carbons (Fsp3) is 0.190. The van der Waals surface area contributed by atoms with E-state index in [1.54, 1.807) is 61.9 Å². The number of likely N-dealkylation sites (tertiary alicyclic amines) is 1. The average molecular weight is 363 g/mol. The van der Waals surface area contributed by atoms with Crippen LogP contribution in [0.25, 0.3) is 10.8 Å². The van der Waals surface area contributed by atoms with Gasteiger partial charge in [0.15, 0.2) is 5.67 Å². The summed E-state index contributed by atoms with van der Waals surface area (Å²) in [5.74, 6) is -0.410. The molecule has 0 aliphatic carbocycles. The molecule has 2 heterocycles. The summed E-state index contributed by atoms with van der Waals surface area (Å²) in [4.78, 5) is 30.0. The summed E-state index contributed by atoms with van der Waals surface area (Å²) in [5.41, 5.74) is -0.0991. The Morgan fingerprint density at radius 2 is 1.85 bits per heavy atom. The molecule has 1 aromatic heterocycles. The lowest BCUT2D eigenvalue weighted by Crippen LogP contribution is -2.58. The van der Waals surface area contributed by atoms with Crippen molar-refractivity contribution in [2.75, 3.05) is 20.1 Å². The van der Waals surface area contributed by atoms with Gasteiger partial charge in [-0.1, -0.05) is 24.3 Å². The van der Waals surface area contributed by atoms with E-state index in [2.05, 4.69) is 10.3 Å². The minimum atomic E-state index is -1.59. The minimum Gasteiger partial charge on any atom is -0.355 e. The van der Waals surface area contributed by atoms with Crippen molar-refractivity contribution in [2.45, 2.75) is 5.67 Å². The monoisotopic (exact) mass is 363 g/mol. The zero-order valence-electron chi connectivity index (χ0n) is 14.8. The number of hydrogen-bond donors (Lipinski definition) is 1. The Kier molecular flexibility index (Phi) is 4.11. The molecular weight excluding hydrogens is 345 g/mol. The van der Waals surface area contributed by atoms with Gasteiger partial charge < -0.3 is 10.2 Å². The minimum absolute atomic E-state index is 0.00732. The van der Waals surface area contributed by atoms with E-state index in [0.29, 0.717) is 16.7 Å². The van der Waals surface area contributed by atoms with Crippen LogP contribution >= 0.6 is 0 Å². The van der Waals surface area contributed by atoms with Crippen molar-refractivity contribution in [1.29, 1.82) is 0 Å². The lowest BCUT2D eigenvalue weighted by atomic mass is 9.86. The fourth-order valence-electron chi connectivity index (χ4n) is 3.43. The zero-order chi connectivity index (χ0) is 19.0. The highest BCUT2D eigenvalue weighted by atomic mass is 19.1. The van der Waals surface area contributed by atoms with Crippen LogP contribution in [0, 0.1) is 0 Å². The smallest absolute Gasteiger partial charge is 0.254 e. The molecule has 0 radical (unpaired) electrons. The van der Waals surface area contributed by atoms with Gasteiger partial charge in [-0.3, -0.25) is 14.6 Å². The van der Waals surface area contributed by atoms with Crippen LogP contribution in [-0.4, -0.2) is 41.8 Å². The van der Waals surface area contributed by atoms with Gasteiger partial charge in [0.1, 0.15) is 0 Å². The predicted octanol–water partition coefficient (Wildman–Crippen LogP) is 2.92. The number of aromatic nitrogens is 1. The molecule has 136 valence electrons. The quantitative estimate of drug-likeness (QED) is 0.778. The molecule has 1 fully saturated rings. The van der Waals surface area contributed by atoms with E-state index in [1.807, 2.05) is 6.07 Å². The second-order valence-corrected chi connectivity index (χ2v) is 6.69. The van der Waals surface area contributed by atoms with Crippen LogP contribution in [0.15, 0.2) is 60.9 Å². The van der Waals surface area contributed by atoms with Crippen molar-refractivity contribution in [2.24, 2.45) is 0 Å². The van der Waals surface area contributed by atoms with Crippen LogP contribution in [0.5, 0.6) is 0 Å². The molecular formula is C21H18FN3O2. The van der Waals surface area contributed by atoms with Crippen molar-refractivity contribution in [3.05, 3.63) is 77.6 Å². The third-order valence-electron chi connectivity index (χ3n) is 4.97. The summed E-state index contributed by atoms with van der Waals surface area (Å²) >= 11 is 0. The number of hydrogen-bond acceptors (Lipinski definition) is 3. The van der Waals surface area contributed by atoms with Gasteiger partial charge in [0.05, 0.1) is 13.1 Å². The van der Waals surface area contributed by atoms with Gasteiger partial charge >= 0.3 is 0 Å². The van der Waals surface area contributed by atoms with Crippen molar-refractivity contribution >= 4 is 22.6 Å². The van der Waals surface area contributed by atoms with Crippen molar-refractivity contribution in [1.82, 2.24) is 15.2 Å². The predicted molar refractivity (Wildman–Crippen MR) is 100 cm³/mol. The van der Waals surface area contributed by atoms with Crippen LogP contribution in [0.2, 0.25) is 0 Å². The number of alkyl halides is 1. The van der Waals surface area contributed by atoms with Crippen LogP contribution in [0.4, 0.5) is 4.39 Å². The third-order valence-corrected chi connectivity index (χ3v) is 4.97. The topological polar surface area (TPSA) is 62.3 Å². The zero-order valence-corrected chi connectivity index (χ0v) is 14.8. The second kappa shape index (κ2) is 6.46. The van der Waals surface area contributed by atoms with E-state index in [0.717, 1.165) is 10.8 Å². The summed E-state index contributed by atoms with van der Waals surface area (Å²) in [6.45, 7) is -0.0146. The Morgan fingerprint density at radius 1 is 1.11 bits per heavy atom. The molecule has 2 amide bonds. The molecule has 1 N–H and O–H groups in total.